The summed E-state index contributed by atoms with van der Waals surface area (Å²) in [5.41, 5.74) is 7.05. The highest BCUT2D eigenvalue weighted by molar-refractivity contribution is 6.04. The number of hydrogen-bond acceptors (Lipinski definition) is 3. The zero-order chi connectivity index (χ0) is 8.97. The van der Waals surface area contributed by atoms with E-state index in [1.54, 1.807) is 6.07 Å². The lowest BCUT2D eigenvalue weighted by atomic mass is 10.2. The largest absolute Gasteiger partial charge is 0.405 e. The van der Waals surface area contributed by atoms with Crippen molar-refractivity contribution in [2.24, 2.45) is 5.73 Å². The zero-order valence-electron chi connectivity index (χ0n) is 6.91. The van der Waals surface area contributed by atoms with Gasteiger partial charge in [0.15, 0.2) is 0 Å². The van der Waals surface area contributed by atoms with Crippen molar-refractivity contribution in [3.63, 3.8) is 0 Å². The van der Waals surface area contributed by atoms with E-state index in [9.17, 15) is 0 Å². The number of aryl methyl sites for hydroxylation is 1. The highest BCUT2D eigenvalue weighted by Crippen LogP contribution is 1.99. The molecule has 0 amide bonds. The molecular weight excluding hydrogens is 150 g/mol. The molecule has 0 spiro atoms. The molecular formula is C9H11N3. The second kappa shape index (κ2) is 3.67. The van der Waals surface area contributed by atoms with Crippen molar-refractivity contribution >= 4 is 5.71 Å². The normalized spacial score (nSPS) is 10.4. The molecule has 0 aliphatic rings. The van der Waals surface area contributed by atoms with Crippen molar-refractivity contribution in [2.45, 2.75) is 6.92 Å². The van der Waals surface area contributed by atoms with Gasteiger partial charge >= 0.3 is 0 Å². The Balaban J connectivity index is 2.96. The molecule has 0 atom stereocenters. The minimum atomic E-state index is 0.334. The molecule has 0 aliphatic heterocycles. The van der Waals surface area contributed by atoms with Crippen molar-refractivity contribution in [1.29, 1.82) is 5.41 Å². The number of rotatable bonds is 2. The van der Waals surface area contributed by atoms with Crippen LogP contribution in [0.5, 0.6) is 0 Å². The molecule has 0 unspecified atom stereocenters. The van der Waals surface area contributed by atoms with Gasteiger partial charge in [-0.3, -0.25) is 10.4 Å². The molecule has 0 aliphatic carbocycles. The van der Waals surface area contributed by atoms with Crippen molar-refractivity contribution < 1.29 is 0 Å². The number of hydrogen-bond donors (Lipinski definition) is 2. The average molecular weight is 161 g/mol. The van der Waals surface area contributed by atoms with Crippen LogP contribution in [-0.4, -0.2) is 10.7 Å². The molecule has 1 aromatic heterocycles. The molecule has 62 valence electrons. The highest BCUT2D eigenvalue weighted by Gasteiger charge is 1.97. The van der Waals surface area contributed by atoms with E-state index in [-0.39, 0.29) is 0 Å². The summed E-state index contributed by atoms with van der Waals surface area (Å²) >= 11 is 0. The van der Waals surface area contributed by atoms with Crippen LogP contribution in [0.15, 0.2) is 30.5 Å². The monoisotopic (exact) mass is 161 g/mol. The molecule has 3 N–H and O–H groups in total. The summed E-state index contributed by atoms with van der Waals surface area (Å²) in [4.78, 5) is 4.16. The van der Waals surface area contributed by atoms with Crippen molar-refractivity contribution in [2.75, 3.05) is 0 Å². The first-order chi connectivity index (χ1) is 5.74. The van der Waals surface area contributed by atoms with E-state index in [4.69, 9.17) is 11.1 Å². The predicted octanol–water partition coefficient (Wildman–Crippen LogP) is 1.23. The van der Waals surface area contributed by atoms with Gasteiger partial charge in [0.2, 0.25) is 0 Å². The minimum Gasteiger partial charge on any atom is -0.405 e. The van der Waals surface area contributed by atoms with Gasteiger partial charge in [0, 0.05) is 5.69 Å². The van der Waals surface area contributed by atoms with E-state index < -0.39 is 0 Å². The molecule has 0 aromatic carbocycles. The van der Waals surface area contributed by atoms with Crippen LogP contribution in [0, 0.1) is 12.3 Å². The summed E-state index contributed by atoms with van der Waals surface area (Å²) < 4.78 is 0. The van der Waals surface area contributed by atoms with E-state index in [0.29, 0.717) is 11.4 Å². The molecule has 0 bridgehead atoms. The third kappa shape index (κ3) is 1.92. The SMILES string of the molecule is Cc1cccc(C(=N)/C=C\N)n1. The Morgan fingerprint density at radius 2 is 2.33 bits per heavy atom. The molecule has 1 heterocycles. The number of nitrogens with zero attached hydrogens (tertiary/aromatic N) is 1. The van der Waals surface area contributed by atoms with Crippen LogP contribution in [0.3, 0.4) is 0 Å². The predicted molar refractivity (Wildman–Crippen MR) is 49.1 cm³/mol. The average Bonchev–Trinajstić information content (AvgIpc) is 2.05. The first-order valence-corrected chi connectivity index (χ1v) is 3.65. The lowest BCUT2D eigenvalue weighted by Crippen LogP contribution is -2.00. The van der Waals surface area contributed by atoms with Gasteiger partial charge in [0.1, 0.15) is 0 Å². The Hall–Kier alpha value is -1.64. The van der Waals surface area contributed by atoms with Gasteiger partial charge in [-0.05, 0) is 31.3 Å². The van der Waals surface area contributed by atoms with Gasteiger partial charge in [-0.2, -0.15) is 0 Å². The number of nitrogens with two attached hydrogens (primary N) is 1. The lowest BCUT2D eigenvalue weighted by Gasteiger charge is -1.97. The van der Waals surface area contributed by atoms with Crippen molar-refractivity contribution in [1.82, 2.24) is 4.98 Å². The lowest BCUT2D eigenvalue weighted by molar-refractivity contribution is 1.17. The van der Waals surface area contributed by atoms with Crippen LogP contribution in [-0.2, 0) is 0 Å². The van der Waals surface area contributed by atoms with Crippen LogP contribution >= 0.6 is 0 Å². The van der Waals surface area contributed by atoms with E-state index in [1.807, 2.05) is 19.1 Å². The number of nitrogens with one attached hydrogen (secondary N) is 1. The fraction of sp³-hybridized carbons (Fsp3) is 0.111. The molecule has 0 fully saturated rings. The van der Waals surface area contributed by atoms with Crippen molar-refractivity contribution in [3.05, 3.63) is 41.9 Å². The fourth-order valence-corrected chi connectivity index (χ4v) is 0.875. The summed E-state index contributed by atoms with van der Waals surface area (Å²) in [7, 11) is 0. The minimum absolute atomic E-state index is 0.334. The Morgan fingerprint density at radius 1 is 1.58 bits per heavy atom. The quantitative estimate of drug-likeness (QED) is 0.641. The number of pyridine rings is 1. The maximum Gasteiger partial charge on any atom is 0.0882 e. The standard InChI is InChI=1S/C9H11N3/c1-7-3-2-4-9(12-7)8(11)5-6-10/h2-6,11H,10H2,1H3/b6-5-,11-8?. The zero-order valence-corrected chi connectivity index (χ0v) is 6.91. The van der Waals surface area contributed by atoms with E-state index >= 15 is 0 Å². The summed E-state index contributed by atoms with van der Waals surface area (Å²) in [6.07, 6.45) is 2.86. The summed E-state index contributed by atoms with van der Waals surface area (Å²) in [6, 6.07) is 5.55. The van der Waals surface area contributed by atoms with Crippen LogP contribution < -0.4 is 5.73 Å². The van der Waals surface area contributed by atoms with Crippen LogP contribution in [0.1, 0.15) is 11.4 Å². The van der Waals surface area contributed by atoms with Gasteiger partial charge in [-0.25, -0.2) is 0 Å². The third-order valence-electron chi connectivity index (χ3n) is 1.43. The van der Waals surface area contributed by atoms with Crippen LogP contribution in [0.25, 0.3) is 0 Å². The molecule has 0 radical (unpaired) electrons. The Labute approximate surface area is 71.4 Å². The Kier molecular flexibility index (Phi) is 2.58. The Bertz CT molecular complexity index is 315. The summed E-state index contributed by atoms with van der Waals surface area (Å²) in [6.45, 7) is 1.89. The molecule has 0 saturated carbocycles. The molecule has 1 rings (SSSR count). The van der Waals surface area contributed by atoms with Crippen LogP contribution in [0.2, 0.25) is 0 Å². The summed E-state index contributed by atoms with van der Waals surface area (Å²) in [5, 5.41) is 7.50. The van der Waals surface area contributed by atoms with Gasteiger partial charge in [0.25, 0.3) is 0 Å². The first kappa shape index (κ1) is 8.46. The van der Waals surface area contributed by atoms with Gasteiger partial charge in [-0.15, -0.1) is 0 Å². The molecule has 12 heavy (non-hydrogen) atoms. The third-order valence-corrected chi connectivity index (χ3v) is 1.43. The maximum atomic E-state index is 7.50. The second-order valence-electron chi connectivity index (χ2n) is 2.44. The van der Waals surface area contributed by atoms with E-state index in [1.165, 1.54) is 12.3 Å². The van der Waals surface area contributed by atoms with Gasteiger partial charge in [-0.1, -0.05) is 6.07 Å². The van der Waals surface area contributed by atoms with E-state index in [2.05, 4.69) is 4.98 Å². The summed E-state index contributed by atoms with van der Waals surface area (Å²) in [5.74, 6) is 0. The number of allylic oxidation sites excluding steroid dienone is 1. The first-order valence-electron chi connectivity index (χ1n) is 3.65. The van der Waals surface area contributed by atoms with Crippen LogP contribution in [0.4, 0.5) is 0 Å². The van der Waals surface area contributed by atoms with Gasteiger partial charge in [0.05, 0.1) is 11.4 Å². The number of aromatic nitrogens is 1. The van der Waals surface area contributed by atoms with Gasteiger partial charge < -0.3 is 5.73 Å². The smallest absolute Gasteiger partial charge is 0.0882 e. The topological polar surface area (TPSA) is 62.8 Å². The Morgan fingerprint density at radius 3 is 2.92 bits per heavy atom. The van der Waals surface area contributed by atoms with Crippen molar-refractivity contribution in [3.8, 4) is 0 Å². The fourth-order valence-electron chi connectivity index (χ4n) is 0.875. The molecule has 0 saturated heterocycles. The molecule has 3 heteroatoms. The highest BCUT2D eigenvalue weighted by atomic mass is 14.7. The van der Waals surface area contributed by atoms with E-state index in [0.717, 1.165) is 5.69 Å². The second-order valence-corrected chi connectivity index (χ2v) is 2.44. The molecule has 3 nitrogen and oxygen atoms in total. The molecule has 1 aromatic rings. The maximum absolute atomic E-state index is 7.50.